The molecule has 2 aliphatic rings. The molecule has 2 aliphatic heterocycles. The van der Waals surface area contributed by atoms with Gasteiger partial charge in [0, 0.05) is 51.3 Å². The maximum Gasteiger partial charge on any atom is 0.249 e. The molecule has 0 bridgehead atoms. The number of methoxy groups -OCH3 is 1. The lowest BCUT2D eigenvalue weighted by atomic mass is 9.78. The number of aromatic amines is 1. The highest BCUT2D eigenvalue weighted by molar-refractivity contribution is 5.81. The van der Waals surface area contributed by atoms with Gasteiger partial charge < -0.3 is 24.1 Å². The average molecular weight is 386 g/mol. The molecular formula is C19H26N6O3. The predicted molar refractivity (Wildman–Crippen MR) is 100 cm³/mol. The van der Waals surface area contributed by atoms with Crippen molar-refractivity contribution in [1.82, 2.24) is 29.3 Å². The van der Waals surface area contributed by atoms with Crippen molar-refractivity contribution >= 4 is 11.8 Å². The van der Waals surface area contributed by atoms with Gasteiger partial charge in [0.15, 0.2) is 0 Å². The van der Waals surface area contributed by atoms with Gasteiger partial charge in [0.2, 0.25) is 11.8 Å². The van der Waals surface area contributed by atoms with Crippen molar-refractivity contribution in [2.75, 3.05) is 33.4 Å². The number of carbonyl (C=O) groups is 2. The second-order valence-corrected chi connectivity index (χ2v) is 7.50. The number of amides is 2. The number of ether oxygens (including phenoxy) is 1. The smallest absolute Gasteiger partial charge is 0.249 e. The van der Waals surface area contributed by atoms with Gasteiger partial charge in [-0.1, -0.05) is 0 Å². The molecule has 2 aromatic heterocycles. The standard InChI is InChI=1S/C19H26N6O3/c1-14(24-10-6-20-13-24)18(27)23-8-4-19(5-9-23)17-15(21-12-22-17)3-7-25(19)16(26)11-28-2/h6,10,12-14H,3-5,7-9,11H2,1-2H3,(H,21,22)/t14-/m0/s1. The van der Waals surface area contributed by atoms with Crippen LogP contribution in [-0.4, -0.2) is 74.5 Å². The highest BCUT2D eigenvalue weighted by Crippen LogP contribution is 2.42. The number of H-pyrrole nitrogens is 1. The van der Waals surface area contributed by atoms with E-state index in [4.69, 9.17) is 4.74 Å². The number of carbonyl (C=O) groups excluding carboxylic acids is 2. The third-order valence-corrected chi connectivity index (χ3v) is 6.06. The van der Waals surface area contributed by atoms with Crippen molar-refractivity contribution < 1.29 is 14.3 Å². The zero-order valence-corrected chi connectivity index (χ0v) is 16.3. The zero-order chi connectivity index (χ0) is 19.7. The van der Waals surface area contributed by atoms with Crippen molar-refractivity contribution in [3.8, 4) is 0 Å². The van der Waals surface area contributed by atoms with E-state index in [0.717, 1.165) is 17.8 Å². The van der Waals surface area contributed by atoms with Crippen molar-refractivity contribution in [2.45, 2.75) is 37.8 Å². The Labute approximate surface area is 163 Å². The van der Waals surface area contributed by atoms with E-state index in [2.05, 4.69) is 15.0 Å². The van der Waals surface area contributed by atoms with Crippen molar-refractivity contribution in [3.63, 3.8) is 0 Å². The lowest BCUT2D eigenvalue weighted by molar-refractivity contribution is -0.148. The van der Waals surface area contributed by atoms with Gasteiger partial charge in [0.05, 0.1) is 23.9 Å². The van der Waals surface area contributed by atoms with Crippen LogP contribution in [0, 0.1) is 0 Å². The van der Waals surface area contributed by atoms with E-state index in [9.17, 15) is 9.59 Å². The molecule has 28 heavy (non-hydrogen) atoms. The topological polar surface area (TPSA) is 96.4 Å². The van der Waals surface area contributed by atoms with Crippen LogP contribution in [0.1, 0.15) is 37.2 Å². The molecule has 150 valence electrons. The molecule has 0 saturated carbocycles. The van der Waals surface area contributed by atoms with Gasteiger partial charge in [0.1, 0.15) is 12.6 Å². The van der Waals surface area contributed by atoms with Gasteiger partial charge in [0.25, 0.3) is 0 Å². The number of hydrogen-bond acceptors (Lipinski definition) is 5. The number of nitrogens with one attached hydrogen (secondary N) is 1. The lowest BCUT2D eigenvalue weighted by Crippen LogP contribution is -2.59. The van der Waals surface area contributed by atoms with Crippen LogP contribution < -0.4 is 0 Å². The van der Waals surface area contributed by atoms with E-state index in [1.807, 2.05) is 21.3 Å². The van der Waals surface area contributed by atoms with Crippen LogP contribution in [0.2, 0.25) is 0 Å². The normalized spacial score (nSPS) is 19.5. The number of imidazole rings is 2. The maximum absolute atomic E-state index is 12.9. The van der Waals surface area contributed by atoms with Crippen LogP contribution in [0.15, 0.2) is 25.0 Å². The minimum absolute atomic E-state index is 0.0253. The number of aromatic nitrogens is 4. The summed E-state index contributed by atoms with van der Waals surface area (Å²) in [4.78, 5) is 41.3. The molecule has 0 aliphatic carbocycles. The summed E-state index contributed by atoms with van der Waals surface area (Å²) < 4.78 is 6.91. The number of hydrogen-bond donors (Lipinski definition) is 1. The van der Waals surface area contributed by atoms with E-state index >= 15 is 0 Å². The van der Waals surface area contributed by atoms with Crippen LogP contribution >= 0.6 is 0 Å². The fraction of sp³-hybridized carbons (Fsp3) is 0.579. The van der Waals surface area contributed by atoms with E-state index in [-0.39, 0.29) is 24.5 Å². The van der Waals surface area contributed by atoms with E-state index < -0.39 is 5.54 Å². The summed E-state index contributed by atoms with van der Waals surface area (Å²) in [6.45, 7) is 3.75. The van der Waals surface area contributed by atoms with E-state index in [1.165, 1.54) is 7.11 Å². The number of fused-ring (bicyclic) bond motifs is 2. The molecule has 1 spiro atoms. The van der Waals surface area contributed by atoms with Crippen LogP contribution in [0.25, 0.3) is 0 Å². The lowest BCUT2D eigenvalue weighted by Gasteiger charge is -2.50. The summed E-state index contributed by atoms with van der Waals surface area (Å²) in [6, 6.07) is -0.296. The molecule has 0 aromatic carbocycles. The van der Waals surface area contributed by atoms with Crippen LogP contribution in [-0.2, 0) is 26.3 Å². The highest BCUT2D eigenvalue weighted by Gasteiger charge is 2.49. The maximum atomic E-state index is 12.9. The van der Waals surface area contributed by atoms with Gasteiger partial charge in [-0.15, -0.1) is 0 Å². The summed E-state index contributed by atoms with van der Waals surface area (Å²) in [6.07, 6.45) is 8.94. The highest BCUT2D eigenvalue weighted by atomic mass is 16.5. The van der Waals surface area contributed by atoms with E-state index in [1.54, 1.807) is 25.0 Å². The summed E-state index contributed by atoms with van der Waals surface area (Å²) in [5.41, 5.74) is 1.56. The van der Waals surface area contributed by atoms with Crippen molar-refractivity contribution in [2.24, 2.45) is 0 Å². The Morgan fingerprint density at radius 3 is 2.79 bits per heavy atom. The Kier molecular flexibility index (Phi) is 4.92. The first-order valence-corrected chi connectivity index (χ1v) is 9.65. The molecule has 4 heterocycles. The molecule has 1 saturated heterocycles. The van der Waals surface area contributed by atoms with Gasteiger partial charge in [-0.2, -0.15) is 0 Å². The predicted octanol–water partition coefficient (Wildman–Crippen LogP) is 0.716. The molecule has 9 heteroatoms. The van der Waals surface area contributed by atoms with Crippen LogP contribution in [0.5, 0.6) is 0 Å². The fourth-order valence-electron chi connectivity index (χ4n) is 4.54. The average Bonchev–Trinajstić information content (AvgIpc) is 3.40. The minimum Gasteiger partial charge on any atom is -0.375 e. The van der Waals surface area contributed by atoms with Crippen LogP contribution in [0.3, 0.4) is 0 Å². The SMILES string of the molecule is COCC(=O)N1CCc2[nH]cnc2C12CCN(C(=O)[C@H](C)n1ccnc1)CC2. The first kappa shape index (κ1) is 18.7. The Morgan fingerprint density at radius 2 is 2.11 bits per heavy atom. The third kappa shape index (κ3) is 2.99. The Morgan fingerprint density at radius 1 is 1.32 bits per heavy atom. The monoisotopic (exact) mass is 386 g/mol. The fourth-order valence-corrected chi connectivity index (χ4v) is 4.54. The molecular weight excluding hydrogens is 360 g/mol. The molecule has 1 fully saturated rings. The van der Waals surface area contributed by atoms with Crippen molar-refractivity contribution in [1.29, 1.82) is 0 Å². The quantitative estimate of drug-likeness (QED) is 0.835. The number of nitrogens with zero attached hydrogens (tertiary/aromatic N) is 5. The molecule has 9 nitrogen and oxygen atoms in total. The molecule has 4 rings (SSSR count). The summed E-state index contributed by atoms with van der Waals surface area (Å²) in [5, 5.41) is 0. The summed E-state index contributed by atoms with van der Waals surface area (Å²) in [5.74, 6) is 0.0448. The molecule has 1 N–H and O–H groups in total. The van der Waals surface area contributed by atoms with Gasteiger partial charge in [-0.05, 0) is 19.8 Å². The summed E-state index contributed by atoms with van der Waals surface area (Å²) >= 11 is 0. The Bertz CT molecular complexity index is 838. The second kappa shape index (κ2) is 7.38. The molecule has 1 atom stereocenters. The van der Waals surface area contributed by atoms with Gasteiger partial charge in [-0.3, -0.25) is 9.59 Å². The van der Waals surface area contributed by atoms with Gasteiger partial charge in [-0.25, -0.2) is 9.97 Å². The largest absolute Gasteiger partial charge is 0.375 e. The molecule has 0 radical (unpaired) electrons. The van der Waals surface area contributed by atoms with Crippen LogP contribution in [0.4, 0.5) is 0 Å². The summed E-state index contributed by atoms with van der Waals surface area (Å²) in [7, 11) is 1.53. The van der Waals surface area contributed by atoms with E-state index in [0.29, 0.717) is 32.5 Å². The first-order chi connectivity index (χ1) is 13.6. The molecule has 2 aromatic rings. The Hall–Kier alpha value is -2.68. The van der Waals surface area contributed by atoms with Crippen molar-refractivity contribution in [3.05, 3.63) is 36.4 Å². The molecule has 0 unspecified atom stereocenters. The first-order valence-electron chi connectivity index (χ1n) is 9.65. The Balaban J connectivity index is 1.55. The second-order valence-electron chi connectivity index (χ2n) is 7.50. The number of rotatable bonds is 4. The number of likely N-dealkylation sites (tertiary alicyclic amines) is 1. The third-order valence-electron chi connectivity index (χ3n) is 6.06. The molecule has 2 amide bonds. The number of piperidine rings is 1. The van der Waals surface area contributed by atoms with Gasteiger partial charge >= 0.3 is 0 Å². The zero-order valence-electron chi connectivity index (χ0n) is 16.3. The minimum atomic E-state index is -0.474.